The van der Waals surface area contributed by atoms with Gasteiger partial charge in [-0.15, -0.1) is 11.3 Å². The molecule has 0 unspecified atom stereocenters. The minimum Gasteiger partial charge on any atom is -0.443 e. The van der Waals surface area contributed by atoms with Crippen molar-refractivity contribution in [1.82, 2.24) is 15.3 Å². The predicted octanol–water partition coefficient (Wildman–Crippen LogP) is 2.02. The molecule has 0 saturated heterocycles. The van der Waals surface area contributed by atoms with Gasteiger partial charge < -0.3 is 14.7 Å². The van der Waals surface area contributed by atoms with E-state index in [1.54, 1.807) is 0 Å². The third kappa shape index (κ3) is 3.09. The van der Waals surface area contributed by atoms with Crippen LogP contribution < -0.4 is 10.9 Å². The molecule has 3 aromatic rings. The zero-order chi connectivity index (χ0) is 14.7. The largest absolute Gasteiger partial charge is 0.443 e. The summed E-state index contributed by atoms with van der Waals surface area (Å²) in [7, 11) is 0. The zero-order valence-corrected chi connectivity index (χ0v) is 11.6. The van der Waals surface area contributed by atoms with Crippen LogP contribution in [0.3, 0.4) is 0 Å². The van der Waals surface area contributed by atoms with Crippen LogP contribution in [0.15, 0.2) is 51.3 Å². The van der Waals surface area contributed by atoms with Gasteiger partial charge in [0.05, 0.1) is 22.7 Å². The number of carbonyl (C=O) groups is 1. The highest BCUT2D eigenvalue weighted by molar-refractivity contribution is 7.13. The van der Waals surface area contributed by atoms with Crippen molar-refractivity contribution in [3.63, 3.8) is 0 Å². The summed E-state index contributed by atoms with van der Waals surface area (Å²) in [5, 5.41) is 4.65. The molecule has 0 spiro atoms. The molecule has 7 heteroatoms. The summed E-state index contributed by atoms with van der Waals surface area (Å²) in [5.41, 5.74) is 0.774. The first kappa shape index (κ1) is 13.3. The second-order valence-electron chi connectivity index (χ2n) is 4.25. The van der Waals surface area contributed by atoms with E-state index in [0.717, 1.165) is 4.88 Å². The lowest BCUT2D eigenvalue weighted by Gasteiger charge is -2.01. The van der Waals surface area contributed by atoms with Gasteiger partial charge in [-0.3, -0.25) is 9.59 Å². The van der Waals surface area contributed by atoms with E-state index in [9.17, 15) is 9.59 Å². The number of rotatable bonds is 4. The molecule has 0 aliphatic heterocycles. The number of aromatic amines is 1. The lowest BCUT2D eigenvalue weighted by molar-refractivity contribution is 0.0950. The van der Waals surface area contributed by atoms with Gasteiger partial charge in [0.25, 0.3) is 5.91 Å². The summed E-state index contributed by atoms with van der Waals surface area (Å²) < 4.78 is 5.36. The van der Waals surface area contributed by atoms with Gasteiger partial charge in [0.1, 0.15) is 6.26 Å². The molecule has 0 aliphatic carbocycles. The van der Waals surface area contributed by atoms with Gasteiger partial charge in [-0.1, -0.05) is 6.07 Å². The monoisotopic (exact) mass is 301 g/mol. The smallest absolute Gasteiger partial charge is 0.253 e. The fraction of sp³-hybridized carbons (Fsp3) is 0.0714. The van der Waals surface area contributed by atoms with Crippen LogP contribution in [0.1, 0.15) is 16.1 Å². The summed E-state index contributed by atoms with van der Waals surface area (Å²) in [6.45, 7) is 0.257. The normalized spacial score (nSPS) is 10.5. The maximum Gasteiger partial charge on any atom is 0.253 e. The second kappa shape index (κ2) is 5.76. The number of oxazole rings is 1. The van der Waals surface area contributed by atoms with Crippen LogP contribution in [0.4, 0.5) is 0 Å². The Morgan fingerprint density at radius 3 is 3.00 bits per heavy atom. The predicted molar refractivity (Wildman–Crippen MR) is 78.0 cm³/mol. The first-order valence-electron chi connectivity index (χ1n) is 6.17. The van der Waals surface area contributed by atoms with Gasteiger partial charge in [-0.05, 0) is 17.5 Å². The van der Waals surface area contributed by atoms with Crippen molar-refractivity contribution in [2.24, 2.45) is 0 Å². The lowest BCUT2D eigenvalue weighted by Crippen LogP contribution is -2.23. The van der Waals surface area contributed by atoms with E-state index in [2.05, 4.69) is 15.3 Å². The number of carbonyl (C=O) groups excluding carboxylic acids is 1. The van der Waals surface area contributed by atoms with E-state index in [-0.39, 0.29) is 18.0 Å². The number of nitrogens with zero attached hydrogens (tertiary/aromatic N) is 1. The Bertz CT molecular complexity index is 784. The van der Waals surface area contributed by atoms with Crippen molar-refractivity contribution < 1.29 is 9.21 Å². The third-order valence-electron chi connectivity index (χ3n) is 2.76. The molecular weight excluding hydrogens is 290 g/mol. The number of H-pyrrole nitrogens is 1. The van der Waals surface area contributed by atoms with E-state index in [1.165, 1.54) is 35.9 Å². The number of hydrogen-bond acceptors (Lipinski definition) is 5. The van der Waals surface area contributed by atoms with Crippen LogP contribution >= 0.6 is 11.3 Å². The summed E-state index contributed by atoms with van der Waals surface area (Å²) in [5.74, 6) is 0.255. The Balaban J connectivity index is 1.64. The molecule has 21 heavy (non-hydrogen) atoms. The van der Waals surface area contributed by atoms with Crippen LogP contribution in [-0.2, 0) is 6.54 Å². The summed E-state index contributed by atoms with van der Waals surface area (Å²) >= 11 is 1.53. The molecule has 0 aliphatic rings. The molecular formula is C14H11N3O3S. The molecule has 3 rings (SSSR count). The van der Waals surface area contributed by atoms with Gasteiger partial charge in [0.15, 0.2) is 0 Å². The van der Waals surface area contributed by atoms with E-state index in [1.807, 2.05) is 17.5 Å². The molecule has 0 aromatic carbocycles. The Kier molecular flexibility index (Phi) is 3.65. The highest BCUT2D eigenvalue weighted by Gasteiger charge is 2.09. The highest BCUT2D eigenvalue weighted by Crippen LogP contribution is 2.23. The summed E-state index contributed by atoms with van der Waals surface area (Å²) in [6, 6.07) is 6.61. The summed E-state index contributed by atoms with van der Waals surface area (Å²) in [4.78, 5) is 30.5. The fourth-order valence-electron chi connectivity index (χ4n) is 1.73. The molecule has 0 bridgehead atoms. The van der Waals surface area contributed by atoms with Gasteiger partial charge in [0, 0.05) is 12.3 Å². The molecule has 0 atom stereocenters. The van der Waals surface area contributed by atoms with Crippen LogP contribution in [0.25, 0.3) is 10.8 Å². The average molecular weight is 301 g/mol. The van der Waals surface area contributed by atoms with Crippen molar-refractivity contribution in [2.75, 3.05) is 0 Å². The second-order valence-corrected chi connectivity index (χ2v) is 5.19. The van der Waals surface area contributed by atoms with Crippen molar-refractivity contribution in [3.8, 4) is 10.8 Å². The third-order valence-corrected chi connectivity index (χ3v) is 3.62. The first-order valence-corrected chi connectivity index (χ1v) is 7.05. The fourth-order valence-corrected chi connectivity index (χ4v) is 2.38. The number of nitrogens with one attached hydrogen (secondary N) is 2. The Hall–Kier alpha value is -2.67. The maximum atomic E-state index is 11.9. The van der Waals surface area contributed by atoms with Gasteiger partial charge in [-0.2, -0.15) is 0 Å². The Morgan fingerprint density at radius 1 is 1.38 bits per heavy atom. The van der Waals surface area contributed by atoms with Crippen LogP contribution in [-0.4, -0.2) is 15.9 Å². The molecule has 2 N–H and O–H groups in total. The molecule has 106 valence electrons. The molecule has 6 nitrogen and oxygen atoms in total. The molecule has 0 saturated carbocycles. The number of aromatic nitrogens is 2. The molecule has 0 fully saturated rings. The minimum absolute atomic E-state index is 0.247. The summed E-state index contributed by atoms with van der Waals surface area (Å²) in [6.07, 6.45) is 2.89. The van der Waals surface area contributed by atoms with E-state index < -0.39 is 0 Å². The van der Waals surface area contributed by atoms with Crippen molar-refractivity contribution in [3.05, 3.63) is 63.7 Å². The maximum absolute atomic E-state index is 11.9. The topological polar surface area (TPSA) is 88.0 Å². The first-order chi connectivity index (χ1) is 10.2. The van der Waals surface area contributed by atoms with Crippen LogP contribution in [0.5, 0.6) is 0 Å². The quantitative estimate of drug-likeness (QED) is 0.771. The number of hydrogen-bond donors (Lipinski definition) is 2. The number of thiophene rings is 1. The van der Waals surface area contributed by atoms with Crippen LogP contribution in [0.2, 0.25) is 0 Å². The van der Waals surface area contributed by atoms with Gasteiger partial charge >= 0.3 is 0 Å². The van der Waals surface area contributed by atoms with Crippen molar-refractivity contribution in [2.45, 2.75) is 6.54 Å². The average Bonchev–Trinajstić information content (AvgIpc) is 3.16. The van der Waals surface area contributed by atoms with Gasteiger partial charge in [-0.25, -0.2) is 4.98 Å². The Labute approximate surface area is 123 Å². The highest BCUT2D eigenvalue weighted by atomic mass is 32.1. The van der Waals surface area contributed by atoms with E-state index in [4.69, 9.17) is 4.42 Å². The van der Waals surface area contributed by atoms with E-state index in [0.29, 0.717) is 17.1 Å². The number of pyridine rings is 1. The van der Waals surface area contributed by atoms with Crippen LogP contribution in [0, 0.1) is 0 Å². The van der Waals surface area contributed by atoms with Crippen molar-refractivity contribution in [1.29, 1.82) is 0 Å². The number of amides is 1. The molecule has 3 aromatic heterocycles. The standard InChI is InChI=1S/C14H11N3O3S/c18-12-4-3-9(6-15-12)13(19)16-7-10-8-20-14(17-10)11-2-1-5-21-11/h1-6,8H,7H2,(H,15,18)(H,16,19). The Morgan fingerprint density at radius 2 is 2.29 bits per heavy atom. The van der Waals surface area contributed by atoms with E-state index >= 15 is 0 Å². The van der Waals surface area contributed by atoms with Gasteiger partial charge in [0.2, 0.25) is 11.4 Å². The molecule has 3 heterocycles. The SMILES string of the molecule is O=C(NCc1coc(-c2cccs2)n1)c1ccc(=O)[nH]c1. The molecule has 0 radical (unpaired) electrons. The minimum atomic E-state index is -0.285. The zero-order valence-electron chi connectivity index (χ0n) is 10.8. The molecule has 1 amide bonds. The lowest BCUT2D eigenvalue weighted by atomic mass is 10.2. The van der Waals surface area contributed by atoms with Crippen molar-refractivity contribution >= 4 is 17.2 Å².